The molecule has 2 aromatic carbocycles. The van der Waals surface area contributed by atoms with E-state index >= 15 is 0 Å². The maximum absolute atomic E-state index is 12.6. The number of aryl methyl sites for hydroxylation is 1. The molecule has 1 amide bonds. The van der Waals surface area contributed by atoms with Gasteiger partial charge in [0.2, 0.25) is 15.9 Å². The van der Waals surface area contributed by atoms with Crippen molar-refractivity contribution in [3.05, 3.63) is 48.0 Å². The molecule has 0 unspecified atom stereocenters. The number of anilines is 2. The molecule has 8 heteroatoms. The molecule has 0 spiro atoms. The number of methoxy groups -OCH3 is 2. The molecule has 146 valence electrons. The fourth-order valence-electron chi connectivity index (χ4n) is 2.66. The third-order valence-corrected chi connectivity index (χ3v) is 5.14. The van der Waals surface area contributed by atoms with E-state index in [0.717, 1.165) is 16.1 Å². The van der Waals surface area contributed by atoms with Crippen molar-refractivity contribution >= 4 is 27.3 Å². The minimum Gasteiger partial charge on any atom is -0.497 e. The Hall–Kier alpha value is -2.74. The first-order chi connectivity index (χ1) is 12.8. The molecule has 0 aromatic heterocycles. The first-order valence-corrected chi connectivity index (χ1v) is 10.2. The van der Waals surface area contributed by atoms with E-state index in [0.29, 0.717) is 29.3 Å². The zero-order chi connectivity index (χ0) is 20.0. The van der Waals surface area contributed by atoms with Crippen LogP contribution in [0.5, 0.6) is 11.5 Å². The van der Waals surface area contributed by atoms with Gasteiger partial charge in [0, 0.05) is 6.07 Å². The van der Waals surface area contributed by atoms with E-state index in [1.807, 2.05) is 19.1 Å². The normalized spacial score (nSPS) is 11.0. The average molecular weight is 392 g/mol. The zero-order valence-electron chi connectivity index (χ0n) is 15.9. The summed E-state index contributed by atoms with van der Waals surface area (Å²) in [6, 6.07) is 12.1. The predicted molar refractivity (Wildman–Crippen MR) is 106 cm³/mol. The lowest BCUT2D eigenvalue weighted by atomic mass is 10.1. The van der Waals surface area contributed by atoms with Crippen LogP contribution in [0, 0.1) is 0 Å². The summed E-state index contributed by atoms with van der Waals surface area (Å²) in [5.74, 6) is 0.525. The lowest BCUT2D eigenvalue weighted by Gasteiger charge is -2.24. The highest BCUT2D eigenvalue weighted by atomic mass is 32.2. The van der Waals surface area contributed by atoms with Crippen molar-refractivity contribution < 1.29 is 22.7 Å². The Morgan fingerprint density at radius 3 is 2.41 bits per heavy atom. The topological polar surface area (TPSA) is 84.9 Å². The molecule has 1 N–H and O–H groups in total. The van der Waals surface area contributed by atoms with Gasteiger partial charge in [-0.2, -0.15) is 0 Å². The summed E-state index contributed by atoms with van der Waals surface area (Å²) in [6.07, 6.45) is 1.73. The van der Waals surface area contributed by atoms with Crippen molar-refractivity contribution in [1.29, 1.82) is 0 Å². The van der Waals surface area contributed by atoms with Gasteiger partial charge in [-0.3, -0.25) is 9.10 Å². The molecule has 0 bridgehead atoms. The van der Waals surface area contributed by atoms with E-state index < -0.39 is 15.9 Å². The second-order valence-electron chi connectivity index (χ2n) is 5.87. The molecule has 0 saturated carbocycles. The van der Waals surface area contributed by atoms with Crippen molar-refractivity contribution in [2.24, 2.45) is 0 Å². The number of hydrogen-bond donors (Lipinski definition) is 1. The van der Waals surface area contributed by atoms with Crippen molar-refractivity contribution in [2.45, 2.75) is 13.3 Å². The van der Waals surface area contributed by atoms with Gasteiger partial charge >= 0.3 is 0 Å². The van der Waals surface area contributed by atoms with E-state index in [1.165, 1.54) is 14.2 Å². The van der Waals surface area contributed by atoms with Gasteiger partial charge in [0.05, 0.1) is 31.9 Å². The van der Waals surface area contributed by atoms with Gasteiger partial charge in [0.1, 0.15) is 18.0 Å². The number of ether oxygens (including phenoxy) is 2. The fourth-order valence-corrected chi connectivity index (χ4v) is 3.54. The van der Waals surface area contributed by atoms with Crippen LogP contribution in [-0.4, -0.2) is 41.3 Å². The smallest absolute Gasteiger partial charge is 0.245 e. The second kappa shape index (κ2) is 8.77. The number of nitrogens with zero attached hydrogens (tertiary/aromatic N) is 1. The minimum absolute atomic E-state index is 0.342. The SMILES string of the molecule is CCc1ccccc1N(CC(=O)Nc1ccc(OC)cc1OC)S(C)(=O)=O. The van der Waals surface area contributed by atoms with Crippen molar-refractivity contribution in [2.75, 3.05) is 36.6 Å². The minimum atomic E-state index is -3.64. The number of sulfonamides is 1. The quantitative estimate of drug-likeness (QED) is 0.747. The lowest BCUT2D eigenvalue weighted by Crippen LogP contribution is -2.38. The molecule has 27 heavy (non-hydrogen) atoms. The van der Waals surface area contributed by atoms with Crippen molar-refractivity contribution in [1.82, 2.24) is 0 Å². The number of benzene rings is 2. The summed E-state index contributed by atoms with van der Waals surface area (Å²) >= 11 is 0. The third kappa shape index (κ3) is 5.13. The van der Waals surface area contributed by atoms with Gasteiger partial charge < -0.3 is 14.8 Å². The number of nitrogens with one attached hydrogen (secondary N) is 1. The Morgan fingerprint density at radius 2 is 1.81 bits per heavy atom. The van der Waals surface area contributed by atoms with E-state index in [-0.39, 0.29) is 6.54 Å². The summed E-state index contributed by atoms with van der Waals surface area (Å²) in [7, 11) is -0.636. The maximum atomic E-state index is 12.6. The number of carbonyl (C=O) groups excluding carboxylic acids is 1. The van der Waals surface area contributed by atoms with Gasteiger partial charge in [-0.25, -0.2) is 8.42 Å². The predicted octanol–water partition coefficient (Wildman–Crippen LogP) is 2.67. The van der Waals surface area contributed by atoms with Crippen molar-refractivity contribution in [3.63, 3.8) is 0 Å². The number of carbonyl (C=O) groups is 1. The Bertz CT molecular complexity index is 912. The first-order valence-electron chi connectivity index (χ1n) is 8.37. The molecular weight excluding hydrogens is 368 g/mol. The summed E-state index contributed by atoms with van der Waals surface area (Å²) in [4.78, 5) is 12.6. The molecule has 0 fully saturated rings. The van der Waals surface area contributed by atoms with E-state index in [2.05, 4.69) is 5.32 Å². The number of para-hydroxylation sites is 1. The first kappa shape index (κ1) is 20.6. The van der Waals surface area contributed by atoms with Gasteiger partial charge in [0.25, 0.3) is 0 Å². The van der Waals surface area contributed by atoms with Crippen LogP contribution in [0.2, 0.25) is 0 Å². The van der Waals surface area contributed by atoms with E-state index in [9.17, 15) is 13.2 Å². The van der Waals surface area contributed by atoms with Gasteiger partial charge in [-0.1, -0.05) is 25.1 Å². The Morgan fingerprint density at radius 1 is 1.11 bits per heavy atom. The molecule has 0 saturated heterocycles. The van der Waals surface area contributed by atoms with Crippen LogP contribution < -0.4 is 19.1 Å². The summed E-state index contributed by atoms with van der Waals surface area (Å²) in [6.45, 7) is 1.59. The van der Waals surface area contributed by atoms with Crippen LogP contribution in [-0.2, 0) is 21.2 Å². The molecule has 0 radical (unpaired) electrons. The van der Waals surface area contributed by atoms with Crippen LogP contribution in [0.3, 0.4) is 0 Å². The Balaban J connectivity index is 2.28. The van der Waals surface area contributed by atoms with Gasteiger partial charge in [0.15, 0.2) is 0 Å². The molecule has 2 aromatic rings. The molecule has 0 aliphatic rings. The third-order valence-electron chi connectivity index (χ3n) is 4.01. The summed E-state index contributed by atoms with van der Waals surface area (Å²) < 4.78 is 36.1. The number of rotatable bonds is 8. The van der Waals surface area contributed by atoms with Crippen LogP contribution in [0.15, 0.2) is 42.5 Å². The molecule has 7 nitrogen and oxygen atoms in total. The van der Waals surface area contributed by atoms with Gasteiger partial charge in [-0.05, 0) is 30.2 Å². The van der Waals surface area contributed by atoms with E-state index in [1.54, 1.807) is 30.3 Å². The summed E-state index contributed by atoms with van der Waals surface area (Å²) in [5.41, 5.74) is 1.78. The molecule has 2 rings (SSSR count). The largest absolute Gasteiger partial charge is 0.497 e. The average Bonchev–Trinajstić information content (AvgIpc) is 2.65. The Labute approximate surface area is 160 Å². The Kier molecular flexibility index (Phi) is 6.68. The van der Waals surface area contributed by atoms with Crippen LogP contribution in [0.4, 0.5) is 11.4 Å². The fraction of sp³-hybridized carbons (Fsp3) is 0.316. The second-order valence-corrected chi connectivity index (χ2v) is 7.77. The number of hydrogen-bond acceptors (Lipinski definition) is 5. The molecule has 0 aliphatic carbocycles. The molecule has 0 heterocycles. The molecular formula is C19H24N2O5S. The number of amides is 1. The molecule has 0 atom stereocenters. The van der Waals surface area contributed by atoms with Crippen LogP contribution >= 0.6 is 0 Å². The van der Waals surface area contributed by atoms with E-state index in [4.69, 9.17) is 9.47 Å². The summed E-state index contributed by atoms with van der Waals surface area (Å²) in [5, 5.41) is 2.70. The highest BCUT2D eigenvalue weighted by molar-refractivity contribution is 7.92. The van der Waals surface area contributed by atoms with Gasteiger partial charge in [-0.15, -0.1) is 0 Å². The lowest BCUT2D eigenvalue weighted by molar-refractivity contribution is -0.114. The van der Waals surface area contributed by atoms with Crippen molar-refractivity contribution in [3.8, 4) is 11.5 Å². The standard InChI is InChI=1S/C19H24N2O5S/c1-5-14-8-6-7-9-17(14)21(27(4,23)24)13-19(22)20-16-11-10-15(25-2)12-18(16)26-3/h6-12H,5,13H2,1-4H3,(H,20,22). The monoisotopic (exact) mass is 392 g/mol. The highest BCUT2D eigenvalue weighted by Gasteiger charge is 2.23. The zero-order valence-corrected chi connectivity index (χ0v) is 16.7. The van der Waals surface area contributed by atoms with Crippen LogP contribution in [0.1, 0.15) is 12.5 Å². The van der Waals surface area contributed by atoms with Crippen LogP contribution in [0.25, 0.3) is 0 Å². The maximum Gasteiger partial charge on any atom is 0.245 e. The molecule has 0 aliphatic heterocycles. The highest BCUT2D eigenvalue weighted by Crippen LogP contribution is 2.29.